The molecule has 0 radical (unpaired) electrons. The molecule has 3 nitrogen and oxygen atoms in total. The Kier molecular flexibility index (Phi) is 5.39. The van der Waals surface area contributed by atoms with Crippen molar-refractivity contribution in [3.05, 3.63) is 95.3 Å². The zero-order valence-electron chi connectivity index (χ0n) is 17.2. The fourth-order valence-corrected chi connectivity index (χ4v) is 4.26. The van der Waals surface area contributed by atoms with Gasteiger partial charge in [-0.25, -0.2) is 9.37 Å². The van der Waals surface area contributed by atoms with Crippen molar-refractivity contribution in [2.75, 3.05) is 4.90 Å². The highest BCUT2D eigenvalue weighted by atomic mass is 32.1. The number of fused-ring (bicyclic) bond motifs is 1. The lowest BCUT2D eigenvalue weighted by Gasteiger charge is -2.22. The third-order valence-electron chi connectivity index (χ3n) is 5.02. The fourth-order valence-electron chi connectivity index (χ4n) is 3.28. The number of aromatic nitrogens is 1. The molecular formula is C25H23FN2OS. The molecule has 0 atom stereocenters. The van der Waals surface area contributed by atoms with Crippen LogP contribution in [0.25, 0.3) is 10.2 Å². The van der Waals surface area contributed by atoms with Crippen LogP contribution in [-0.4, -0.2) is 10.9 Å². The highest BCUT2D eigenvalue weighted by Crippen LogP contribution is 2.32. The quantitative estimate of drug-likeness (QED) is 0.375. The van der Waals surface area contributed by atoms with E-state index in [9.17, 15) is 9.18 Å². The van der Waals surface area contributed by atoms with Crippen LogP contribution in [-0.2, 0) is 12.0 Å². The SMILES string of the molecule is CC(C)(C)c1ccc(C(=O)N(Cc2ccccc2)c2nc3c(F)cccc3s2)cc1. The first-order chi connectivity index (χ1) is 14.3. The molecular weight excluding hydrogens is 395 g/mol. The summed E-state index contributed by atoms with van der Waals surface area (Å²) in [4.78, 5) is 19.6. The lowest BCUT2D eigenvalue weighted by Crippen LogP contribution is -2.30. The van der Waals surface area contributed by atoms with Crippen molar-refractivity contribution in [1.29, 1.82) is 0 Å². The van der Waals surface area contributed by atoms with Crippen molar-refractivity contribution in [3.8, 4) is 0 Å². The molecule has 0 saturated carbocycles. The zero-order chi connectivity index (χ0) is 21.3. The van der Waals surface area contributed by atoms with Crippen LogP contribution in [0.5, 0.6) is 0 Å². The summed E-state index contributed by atoms with van der Waals surface area (Å²) in [6.45, 7) is 6.78. The monoisotopic (exact) mass is 418 g/mol. The van der Waals surface area contributed by atoms with E-state index < -0.39 is 0 Å². The Morgan fingerprint density at radius 2 is 1.67 bits per heavy atom. The first kappa shape index (κ1) is 20.2. The number of amides is 1. The van der Waals surface area contributed by atoms with E-state index in [0.717, 1.165) is 15.8 Å². The minimum Gasteiger partial charge on any atom is -0.279 e. The van der Waals surface area contributed by atoms with Crippen molar-refractivity contribution in [3.63, 3.8) is 0 Å². The van der Waals surface area contributed by atoms with E-state index in [1.54, 1.807) is 11.0 Å². The summed E-state index contributed by atoms with van der Waals surface area (Å²) in [7, 11) is 0. The number of carbonyl (C=O) groups is 1. The number of anilines is 1. The van der Waals surface area contributed by atoms with Gasteiger partial charge in [-0.05, 0) is 40.8 Å². The van der Waals surface area contributed by atoms with E-state index in [4.69, 9.17) is 0 Å². The molecule has 0 N–H and O–H groups in total. The number of rotatable bonds is 4. The Bertz CT molecular complexity index is 1180. The van der Waals surface area contributed by atoms with Gasteiger partial charge in [0.2, 0.25) is 0 Å². The van der Waals surface area contributed by atoms with Crippen molar-refractivity contribution < 1.29 is 9.18 Å². The summed E-state index contributed by atoms with van der Waals surface area (Å²) in [6, 6.07) is 22.3. The van der Waals surface area contributed by atoms with Gasteiger partial charge in [0.1, 0.15) is 11.3 Å². The molecule has 4 rings (SSSR count). The van der Waals surface area contributed by atoms with Gasteiger partial charge in [-0.3, -0.25) is 9.69 Å². The summed E-state index contributed by atoms with van der Waals surface area (Å²) in [5.74, 6) is -0.532. The van der Waals surface area contributed by atoms with Crippen LogP contribution in [0.1, 0.15) is 42.3 Å². The van der Waals surface area contributed by atoms with E-state index in [2.05, 4.69) is 25.8 Å². The molecule has 0 aliphatic carbocycles. The van der Waals surface area contributed by atoms with Gasteiger partial charge in [-0.15, -0.1) is 0 Å². The molecule has 0 unspecified atom stereocenters. The molecule has 5 heteroatoms. The number of hydrogen-bond acceptors (Lipinski definition) is 3. The van der Waals surface area contributed by atoms with Gasteiger partial charge in [-0.1, -0.05) is 80.6 Å². The number of benzene rings is 3. The minimum absolute atomic E-state index is 0.00978. The maximum Gasteiger partial charge on any atom is 0.260 e. The normalized spacial score (nSPS) is 11.6. The third kappa shape index (κ3) is 4.12. The summed E-state index contributed by atoms with van der Waals surface area (Å²) >= 11 is 1.32. The van der Waals surface area contributed by atoms with Crippen LogP contribution in [0.3, 0.4) is 0 Å². The summed E-state index contributed by atoms with van der Waals surface area (Å²) in [6.07, 6.45) is 0. The number of para-hydroxylation sites is 1. The van der Waals surface area contributed by atoms with Gasteiger partial charge in [0.15, 0.2) is 5.13 Å². The molecule has 0 spiro atoms. The standard InChI is InChI=1S/C25H23FN2OS/c1-25(2,3)19-14-12-18(13-15-19)23(29)28(16-17-8-5-4-6-9-17)24-27-22-20(26)10-7-11-21(22)30-24/h4-15H,16H2,1-3H3. The molecule has 1 heterocycles. The van der Waals surface area contributed by atoms with Crippen molar-refractivity contribution in [1.82, 2.24) is 4.98 Å². The highest BCUT2D eigenvalue weighted by molar-refractivity contribution is 7.22. The van der Waals surface area contributed by atoms with Crippen LogP contribution < -0.4 is 4.90 Å². The molecule has 0 aliphatic heterocycles. The Balaban J connectivity index is 1.74. The topological polar surface area (TPSA) is 33.2 Å². The lowest BCUT2D eigenvalue weighted by atomic mass is 9.86. The first-order valence-corrected chi connectivity index (χ1v) is 10.7. The van der Waals surface area contributed by atoms with Crippen LogP contribution in [0, 0.1) is 5.82 Å². The van der Waals surface area contributed by atoms with Gasteiger partial charge in [0.25, 0.3) is 5.91 Å². The smallest absolute Gasteiger partial charge is 0.260 e. The largest absolute Gasteiger partial charge is 0.279 e. The Hall–Kier alpha value is -3.05. The minimum atomic E-state index is -0.378. The van der Waals surface area contributed by atoms with E-state index in [1.165, 1.54) is 17.4 Å². The van der Waals surface area contributed by atoms with Gasteiger partial charge >= 0.3 is 0 Å². The maximum atomic E-state index is 14.2. The molecule has 152 valence electrons. The second kappa shape index (κ2) is 8.00. The average molecular weight is 419 g/mol. The van der Waals surface area contributed by atoms with Crippen LogP contribution >= 0.6 is 11.3 Å². The van der Waals surface area contributed by atoms with E-state index in [1.807, 2.05) is 60.7 Å². The lowest BCUT2D eigenvalue weighted by molar-refractivity contribution is 0.0985. The van der Waals surface area contributed by atoms with Gasteiger partial charge in [0, 0.05) is 5.56 Å². The fraction of sp³-hybridized carbons (Fsp3) is 0.200. The molecule has 0 saturated heterocycles. The van der Waals surface area contributed by atoms with Crippen molar-refractivity contribution >= 4 is 32.6 Å². The second-order valence-corrected chi connectivity index (χ2v) is 9.30. The van der Waals surface area contributed by atoms with Crippen molar-refractivity contribution in [2.24, 2.45) is 0 Å². The molecule has 3 aromatic carbocycles. The predicted molar refractivity (Wildman–Crippen MR) is 122 cm³/mol. The number of hydrogen-bond donors (Lipinski definition) is 0. The zero-order valence-corrected chi connectivity index (χ0v) is 18.0. The molecule has 4 aromatic rings. The molecule has 0 aliphatic rings. The highest BCUT2D eigenvalue weighted by Gasteiger charge is 2.23. The first-order valence-electron chi connectivity index (χ1n) is 9.84. The molecule has 0 fully saturated rings. The van der Waals surface area contributed by atoms with Crippen LogP contribution in [0.15, 0.2) is 72.8 Å². The van der Waals surface area contributed by atoms with E-state index in [0.29, 0.717) is 22.8 Å². The second-order valence-electron chi connectivity index (χ2n) is 8.29. The molecule has 0 bridgehead atoms. The Morgan fingerprint density at radius 3 is 2.30 bits per heavy atom. The number of thiazole rings is 1. The average Bonchev–Trinajstić information content (AvgIpc) is 3.17. The molecule has 30 heavy (non-hydrogen) atoms. The van der Waals surface area contributed by atoms with Crippen LogP contribution in [0.2, 0.25) is 0 Å². The summed E-state index contributed by atoms with van der Waals surface area (Å²) in [5.41, 5.74) is 3.04. The van der Waals surface area contributed by atoms with Crippen LogP contribution in [0.4, 0.5) is 9.52 Å². The number of halogens is 1. The summed E-state index contributed by atoms with van der Waals surface area (Å²) < 4.78 is 14.9. The van der Waals surface area contributed by atoms with Crippen molar-refractivity contribution in [2.45, 2.75) is 32.7 Å². The van der Waals surface area contributed by atoms with Gasteiger partial charge in [0.05, 0.1) is 11.2 Å². The number of carbonyl (C=O) groups excluding carboxylic acids is 1. The predicted octanol–water partition coefficient (Wildman–Crippen LogP) is 6.58. The Morgan fingerprint density at radius 1 is 0.967 bits per heavy atom. The van der Waals surface area contributed by atoms with E-state index in [-0.39, 0.29) is 17.1 Å². The number of nitrogens with zero attached hydrogens (tertiary/aromatic N) is 2. The third-order valence-corrected chi connectivity index (χ3v) is 6.06. The van der Waals surface area contributed by atoms with Gasteiger partial charge < -0.3 is 0 Å². The molecule has 1 aromatic heterocycles. The summed E-state index contributed by atoms with van der Waals surface area (Å²) in [5, 5.41) is 0.490. The molecule has 1 amide bonds. The van der Waals surface area contributed by atoms with E-state index >= 15 is 0 Å². The maximum absolute atomic E-state index is 14.2. The van der Waals surface area contributed by atoms with Gasteiger partial charge in [-0.2, -0.15) is 0 Å². The Labute approximate surface area is 179 Å².